The van der Waals surface area contributed by atoms with Crippen molar-refractivity contribution in [1.29, 1.82) is 0 Å². The average molecular weight is 344 g/mol. The summed E-state index contributed by atoms with van der Waals surface area (Å²) in [6.07, 6.45) is 10.6. The molecule has 0 spiro atoms. The highest BCUT2D eigenvalue weighted by atomic mass is 16.4. The zero-order chi connectivity index (χ0) is 18.0. The lowest BCUT2D eigenvalue weighted by molar-refractivity contribution is -0.146. The minimum absolute atomic E-state index is 0.195. The van der Waals surface area contributed by atoms with Gasteiger partial charge in [0.1, 0.15) is 0 Å². The molecule has 0 aromatic rings. The third kappa shape index (κ3) is 2.37. The van der Waals surface area contributed by atoms with Gasteiger partial charge >= 0.3 is 5.97 Å². The van der Waals surface area contributed by atoms with E-state index in [0.717, 1.165) is 31.6 Å². The number of hydrogen-bond donors (Lipinski definition) is 1. The fourth-order valence-electron chi connectivity index (χ4n) is 7.59. The van der Waals surface area contributed by atoms with E-state index in [-0.39, 0.29) is 16.7 Å². The molecule has 4 aliphatic carbocycles. The lowest BCUT2D eigenvalue weighted by Crippen LogP contribution is -2.51. The van der Waals surface area contributed by atoms with Crippen molar-refractivity contribution in [2.75, 3.05) is 0 Å². The Morgan fingerprint density at radius 2 is 1.88 bits per heavy atom. The zero-order valence-corrected chi connectivity index (χ0v) is 15.9. The first-order valence-corrected chi connectivity index (χ1v) is 10.2. The van der Waals surface area contributed by atoms with Gasteiger partial charge in [-0.15, -0.1) is 0 Å². The van der Waals surface area contributed by atoms with Crippen molar-refractivity contribution < 1.29 is 14.7 Å². The third-order valence-corrected chi connectivity index (χ3v) is 9.03. The largest absolute Gasteiger partial charge is 0.481 e. The molecule has 25 heavy (non-hydrogen) atoms. The molecule has 4 aliphatic rings. The normalized spacial score (nSPS) is 47.3. The molecule has 138 valence electrons. The van der Waals surface area contributed by atoms with Crippen LogP contribution in [-0.2, 0) is 9.59 Å². The summed E-state index contributed by atoms with van der Waals surface area (Å²) in [6, 6.07) is 0. The van der Waals surface area contributed by atoms with Gasteiger partial charge < -0.3 is 5.11 Å². The summed E-state index contributed by atoms with van der Waals surface area (Å²) >= 11 is 0. The highest BCUT2D eigenvalue weighted by Crippen LogP contribution is 2.67. The molecule has 4 rings (SSSR count). The molecule has 0 bridgehead atoms. The van der Waals surface area contributed by atoms with Crippen LogP contribution in [-0.4, -0.2) is 16.9 Å². The predicted molar refractivity (Wildman–Crippen MR) is 97.0 cm³/mol. The monoisotopic (exact) mass is 344 g/mol. The fourth-order valence-corrected chi connectivity index (χ4v) is 7.59. The summed E-state index contributed by atoms with van der Waals surface area (Å²) in [4.78, 5) is 23.5. The summed E-state index contributed by atoms with van der Waals surface area (Å²) < 4.78 is 0. The number of carboxylic acid groups (broad SMARTS) is 1. The van der Waals surface area contributed by atoms with Crippen LogP contribution in [0.15, 0.2) is 11.6 Å². The van der Waals surface area contributed by atoms with Crippen LogP contribution in [0.5, 0.6) is 0 Å². The number of carboxylic acids is 1. The minimum Gasteiger partial charge on any atom is -0.481 e. The Bertz CT molecular complexity index is 635. The maximum absolute atomic E-state index is 11.9. The van der Waals surface area contributed by atoms with Gasteiger partial charge in [-0.1, -0.05) is 26.3 Å². The van der Waals surface area contributed by atoms with Crippen LogP contribution in [0.2, 0.25) is 0 Å². The summed E-state index contributed by atoms with van der Waals surface area (Å²) in [5.74, 6) is 1.89. The Labute approximate surface area is 151 Å². The smallest absolute Gasteiger partial charge is 0.306 e. The van der Waals surface area contributed by atoms with Gasteiger partial charge in [-0.3, -0.25) is 9.59 Å². The SMILES string of the molecule is CC(C(=O)O)C1CC[C@H]2[C@@H]3CCC4=CC(=O)CC[C@]4(C)[C@H]3CC[C@]12C. The second-order valence-electron chi connectivity index (χ2n) is 9.82. The van der Waals surface area contributed by atoms with Crippen molar-refractivity contribution in [1.82, 2.24) is 0 Å². The van der Waals surface area contributed by atoms with Crippen LogP contribution >= 0.6 is 0 Å². The van der Waals surface area contributed by atoms with Crippen LogP contribution in [0.1, 0.15) is 72.1 Å². The van der Waals surface area contributed by atoms with Gasteiger partial charge in [-0.05, 0) is 85.5 Å². The fraction of sp³-hybridized carbons (Fsp3) is 0.818. The number of ketones is 1. The van der Waals surface area contributed by atoms with E-state index in [2.05, 4.69) is 13.8 Å². The molecular weight excluding hydrogens is 312 g/mol. The molecule has 1 N–H and O–H groups in total. The maximum atomic E-state index is 11.9. The topological polar surface area (TPSA) is 54.4 Å². The molecule has 0 radical (unpaired) electrons. The van der Waals surface area contributed by atoms with Crippen molar-refractivity contribution in [3.63, 3.8) is 0 Å². The highest BCUT2D eigenvalue weighted by Gasteiger charge is 2.60. The van der Waals surface area contributed by atoms with Crippen molar-refractivity contribution >= 4 is 11.8 Å². The predicted octanol–water partition coefficient (Wildman–Crippen LogP) is 4.86. The Kier molecular flexibility index (Phi) is 3.94. The molecule has 0 heterocycles. The van der Waals surface area contributed by atoms with Crippen LogP contribution < -0.4 is 0 Å². The summed E-state index contributed by atoms with van der Waals surface area (Å²) in [5.41, 5.74) is 1.83. The zero-order valence-electron chi connectivity index (χ0n) is 15.9. The van der Waals surface area contributed by atoms with Crippen molar-refractivity contribution in [2.24, 2.45) is 40.4 Å². The Morgan fingerprint density at radius 1 is 1.12 bits per heavy atom. The molecule has 0 aromatic carbocycles. The second kappa shape index (κ2) is 5.69. The first kappa shape index (κ1) is 17.3. The van der Waals surface area contributed by atoms with Crippen molar-refractivity contribution in [3.05, 3.63) is 11.6 Å². The standard InChI is InChI=1S/C22H32O3/c1-13(20(24)25)17-6-7-18-16-5-4-14-12-15(23)8-10-21(14,2)19(16)9-11-22(17,18)3/h12-13,16-19H,4-11H2,1-3H3,(H,24,25)/t13?,16-,17?,18-,19-,21-,22+/m0/s1. The average Bonchev–Trinajstić information content (AvgIpc) is 2.92. The van der Waals surface area contributed by atoms with E-state index in [9.17, 15) is 14.7 Å². The molecule has 7 atom stereocenters. The van der Waals surface area contributed by atoms with Gasteiger partial charge in [-0.2, -0.15) is 0 Å². The molecule has 3 fully saturated rings. The van der Waals surface area contributed by atoms with Gasteiger partial charge in [0.2, 0.25) is 0 Å². The molecule has 0 saturated heterocycles. The summed E-state index contributed by atoms with van der Waals surface area (Å²) in [6.45, 7) is 6.72. The number of carbonyl (C=O) groups excluding carboxylic acids is 1. The number of allylic oxidation sites excluding steroid dienone is 1. The number of rotatable bonds is 2. The molecule has 3 saturated carbocycles. The molecule has 0 aliphatic heterocycles. The molecule has 0 aromatic heterocycles. The molecule has 3 heteroatoms. The summed E-state index contributed by atoms with van der Waals surface area (Å²) in [7, 11) is 0. The van der Waals surface area contributed by atoms with Crippen LogP contribution in [0.25, 0.3) is 0 Å². The summed E-state index contributed by atoms with van der Waals surface area (Å²) in [5, 5.41) is 9.56. The van der Waals surface area contributed by atoms with E-state index in [4.69, 9.17) is 0 Å². The molecule has 2 unspecified atom stereocenters. The third-order valence-electron chi connectivity index (χ3n) is 9.03. The van der Waals surface area contributed by atoms with E-state index >= 15 is 0 Å². The van der Waals surface area contributed by atoms with E-state index in [1.165, 1.54) is 24.8 Å². The van der Waals surface area contributed by atoms with Gasteiger partial charge in [-0.25, -0.2) is 0 Å². The Balaban J connectivity index is 1.63. The van der Waals surface area contributed by atoms with Crippen LogP contribution in [0.4, 0.5) is 0 Å². The molecular formula is C22H32O3. The number of hydrogen-bond acceptors (Lipinski definition) is 2. The van der Waals surface area contributed by atoms with E-state index in [0.29, 0.717) is 30.0 Å². The lowest BCUT2D eigenvalue weighted by Gasteiger charge is -2.58. The quantitative estimate of drug-likeness (QED) is 0.778. The van der Waals surface area contributed by atoms with Gasteiger partial charge in [0.15, 0.2) is 5.78 Å². The number of carbonyl (C=O) groups is 2. The highest BCUT2D eigenvalue weighted by molar-refractivity contribution is 5.91. The van der Waals surface area contributed by atoms with Crippen molar-refractivity contribution in [2.45, 2.75) is 72.1 Å². The Hall–Kier alpha value is -1.12. The van der Waals surface area contributed by atoms with Gasteiger partial charge in [0, 0.05) is 6.42 Å². The van der Waals surface area contributed by atoms with E-state index < -0.39 is 5.97 Å². The number of fused-ring (bicyclic) bond motifs is 5. The number of aliphatic carboxylic acids is 1. The maximum Gasteiger partial charge on any atom is 0.306 e. The minimum atomic E-state index is -0.624. The Morgan fingerprint density at radius 3 is 2.60 bits per heavy atom. The first-order chi connectivity index (χ1) is 11.8. The van der Waals surface area contributed by atoms with Gasteiger partial charge in [0.25, 0.3) is 0 Å². The van der Waals surface area contributed by atoms with Crippen LogP contribution in [0, 0.1) is 40.4 Å². The lowest BCUT2D eigenvalue weighted by atomic mass is 9.46. The second-order valence-corrected chi connectivity index (χ2v) is 9.82. The van der Waals surface area contributed by atoms with Gasteiger partial charge in [0.05, 0.1) is 5.92 Å². The molecule has 0 amide bonds. The van der Waals surface area contributed by atoms with E-state index in [1.54, 1.807) is 0 Å². The van der Waals surface area contributed by atoms with Crippen LogP contribution in [0.3, 0.4) is 0 Å². The van der Waals surface area contributed by atoms with E-state index in [1.807, 2.05) is 13.0 Å². The molecule has 3 nitrogen and oxygen atoms in total. The van der Waals surface area contributed by atoms with Crippen molar-refractivity contribution in [3.8, 4) is 0 Å². The first-order valence-electron chi connectivity index (χ1n) is 10.2.